The fourth-order valence-electron chi connectivity index (χ4n) is 3.10. The van der Waals surface area contributed by atoms with Crippen molar-refractivity contribution in [3.63, 3.8) is 0 Å². The van der Waals surface area contributed by atoms with Crippen LogP contribution < -0.4 is 4.90 Å². The number of H-pyrrole nitrogens is 1. The number of rotatable bonds is 8. The maximum absolute atomic E-state index is 14.6. The third kappa shape index (κ3) is 4.31. The van der Waals surface area contributed by atoms with Crippen LogP contribution in [-0.2, 0) is 4.74 Å². The van der Waals surface area contributed by atoms with Crippen LogP contribution in [0.25, 0.3) is 10.9 Å². The lowest BCUT2D eigenvalue weighted by Crippen LogP contribution is -2.28. The molecule has 0 bridgehead atoms. The number of nitrogens with zero attached hydrogens (tertiary/aromatic N) is 2. The molecular weight excluding hydrogens is 364 g/mol. The van der Waals surface area contributed by atoms with Gasteiger partial charge in [-0.15, -0.1) is 0 Å². The fourth-order valence-corrected chi connectivity index (χ4v) is 3.10. The van der Waals surface area contributed by atoms with E-state index in [4.69, 9.17) is 4.74 Å². The lowest BCUT2D eigenvalue weighted by atomic mass is 10.2. The van der Waals surface area contributed by atoms with E-state index in [0.717, 1.165) is 13.0 Å². The molecule has 1 aromatic heterocycles. The molecule has 1 heterocycles. The van der Waals surface area contributed by atoms with E-state index in [-0.39, 0.29) is 11.7 Å². The molecule has 28 heavy (non-hydrogen) atoms. The third-order valence-corrected chi connectivity index (χ3v) is 4.45. The van der Waals surface area contributed by atoms with Crippen molar-refractivity contribution >= 4 is 28.5 Å². The van der Waals surface area contributed by atoms with Crippen LogP contribution in [0, 0.1) is 11.6 Å². The Kier molecular flexibility index (Phi) is 6.26. The molecule has 0 unspecified atom stereocenters. The number of methoxy groups -OCH3 is 1. The topological polar surface area (TPSA) is 60.9 Å². The van der Waals surface area contributed by atoms with E-state index in [1.807, 2.05) is 11.8 Å². The van der Waals surface area contributed by atoms with Crippen molar-refractivity contribution in [2.45, 2.75) is 13.3 Å². The normalized spacial score (nSPS) is 11.6. The van der Waals surface area contributed by atoms with E-state index in [0.29, 0.717) is 41.0 Å². The Balaban J connectivity index is 1.85. The average Bonchev–Trinajstić information content (AvgIpc) is 2.98. The second-order valence-electron chi connectivity index (χ2n) is 6.45. The molecule has 2 N–H and O–H groups in total. The predicted octanol–water partition coefficient (Wildman–Crippen LogP) is 4.77. The number of aromatic amines is 1. The molecule has 0 saturated carbocycles. The van der Waals surface area contributed by atoms with Crippen molar-refractivity contribution < 1.29 is 18.6 Å². The Morgan fingerprint density at radius 2 is 2.00 bits per heavy atom. The molecular formula is C21H23F2N3O2. The van der Waals surface area contributed by atoms with Gasteiger partial charge in [0.25, 0.3) is 0 Å². The summed E-state index contributed by atoms with van der Waals surface area (Å²) in [4.78, 5) is 8.91. The van der Waals surface area contributed by atoms with Gasteiger partial charge in [-0.1, -0.05) is 6.92 Å². The molecule has 5 nitrogen and oxygen atoms in total. The zero-order valence-corrected chi connectivity index (χ0v) is 15.9. The van der Waals surface area contributed by atoms with Crippen molar-refractivity contribution in [1.82, 2.24) is 4.98 Å². The van der Waals surface area contributed by atoms with Crippen LogP contribution in [0.3, 0.4) is 0 Å². The number of aromatic nitrogens is 1. The minimum Gasteiger partial charge on any atom is -0.494 e. The zero-order valence-electron chi connectivity index (χ0n) is 15.9. The number of ether oxygens (including phenoxy) is 1. The first kappa shape index (κ1) is 19.8. The standard InChI is InChI=1S/C21H23F2N3O2/c1-3-8-26(9-10-28-2)20-7-5-15(12-18(20)23)24-13-17-16-6-4-14(22)11-19(16)25-21(17)27/h4-7,11-13,25,27H,3,8-10H2,1-2H3. The fraction of sp³-hybridized carbons (Fsp3) is 0.286. The van der Waals surface area contributed by atoms with Gasteiger partial charge < -0.3 is 19.7 Å². The molecule has 0 radical (unpaired) electrons. The minimum atomic E-state index is -0.403. The molecule has 7 heteroatoms. The molecule has 2 aromatic carbocycles. The largest absolute Gasteiger partial charge is 0.494 e. The first-order valence-electron chi connectivity index (χ1n) is 9.11. The summed E-state index contributed by atoms with van der Waals surface area (Å²) in [5, 5.41) is 10.7. The second-order valence-corrected chi connectivity index (χ2v) is 6.45. The highest BCUT2D eigenvalue weighted by molar-refractivity contribution is 6.02. The van der Waals surface area contributed by atoms with E-state index in [2.05, 4.69) is 9.98 Å². The maximum atomic E-state index is 14.6. The quantitative estimate of drug-likeness (QED) is 0.548. The van der Waals surface area contributed by atoms with E-state index in [1.54, 1.807) is 25.3 Å². The van der Waals surface area contributed by atoms with Gasteiger partial charge in [-0.3, -0.25) is 4.99 Å². The first-order chi connectivity index (χ1) is 13.5. The summed E-state index contributed by atoms with van der Waals surface area (Å²) in [6.45, 7) is 3.88. The zero-order chi connectivity index (χ0) is 20.1. The smallest absolute Gasteiger partial charge is 0.198 e. The van der Waals surface area contributed by atoms with Crippen LogP contribution >= 0.6 is 0 Å². The number of aliphatic imine (C=N–C) groups is 1. The van der Waals surface area contributed by atoms with Crippen LogP contribution in [0.15, 0.2) is 41.4 Å². The number of aromatic hydroxyl groups is 1. The monoisotopic (exact) mass is 387 g/mol. The van der Waals surface area contributed by atoms with Crippen molar-refractivity contribution in [1.29, 1.82) is 0 Å². The molecule has 0 fully saturated rings. The van der Waals surface area contributed by atoms with Crippen LogP contribution in [0.2, 0.25) is 0 Å². The number of fused-ring (bicyclic) bond motifs is 1. The van der Waals surface area contributed by atoms with Crippen LogP contribution in [0.4, 0.5) is 20.2 Å². The summed E-state index contributed by atoms with van der Waals surface area (Å²) in [6, 6.07) is 8.93. The highest BCUT2D eigenvalue weighted by atomic mass is 19.1. The number of anilines is 1. The predicted molar refractivity (Wildman–Crippen MR) is 108 cm³/mol. The van der Waals surface area contributed by atoms with Gasteiger partial charge in [0.15, 0.2) is 5.88 Å². The number of nitrogens with one attached hydrogen (secondary N) is 1. The molecule has 0 spiro atoms. The highest BCUT2D eigenvalue weighted by Crippen LogP contribution is 2.28. The molecule has 148 valence electrons. The second kappa shape index (κ2) is 8.84. The number of halogens is 2. The van der Waals surface area contributed by atoms with E-state index < -0.39 is 5.82 Å². The number of hydrogen-bond acceptors (Lipinski definition) is 4. The molecule has 0 amide bonds. The lowest BCUT2D eigenvalue weighted by molar-refractivity contribution is 0.205. The Bertz CT molecular complexity index is 985. The summed E-state index contributed by atoms with van der Waals surface area (Å²) in [6.07, 6.45) is 2.33. The summed E-state index contributed by atoms with van der Waals surface area (Å²) < 4.78 is 33.1. The molecule has 0 aliphatic heterocycles. The van der Waals surface area contributed by atoms with Gasteiger partial charge >= 0.3 is 0 Å². The summed E-state index contributed by atoms with van der Waals surface area (Å²) >= 11 is 0. The number of hydrogen-bond donors (Lipinski definition) is 2. The van der Waals surface area contributed by atoms with Crippen LogP contribution in [0.1, 0.15) is 18.9 Å². The Morgan fingerprint density at radius 1 is 1.18 bits per heavy atom. The lowest BCUT2D eigenvalue weighted by Gasteiger charge is -2.24. The van der Waals surface area contributed by atoms with Crippen molar-refractivity contribution in [2.24, 2.45) is 4.99 Å². The molecule has 3 aromatic rings. The van der Waals surface area contributed by atoms with Crippen LogP contribution in [0.5, 0.6) is 5.88 Å². The minimum absolute atomic E-state index is 0.116. The van der Waals surface area contributed by atoms with E-state index in [9.17, 15) is 13.9 Å². The number of benzene rings is 2. The molecule has 0 atom stereocenters. The van der Waals surface area contributed by atoms with Gasteiger partial charge in [0, 0.05) is 37.9 Å². The molecule has 0 aliphatic rings. The highest BCUT2D eigenvalue weighted by Gasteiger charge is 2.12. The van der Waals surface area contributed by atoms with E-state index in [1.165, 1.54) is 24.4 Å². The average molecular weight is 387 g/mol. The van der Waals surface area contributed by atoms with Crippen molar-refractivity contribution in [3.8, 4) is 5.88 Å². The van der Waals surface area contributed by atoms with Gasteiger partial charge in [0.05, 0.1) is 29.1 Å². The molecule has 3 rings (SSSR count). The van der Waals surface area contributed by atoms with E-state index >= 15 is 0 Å². The Hall–Kier alpha value is -2.93. The van der Waals surface area contributed by atoms with Gasteiger partial charge in [-0.25, -0.2) is 8.78 Å². The third-order valence-electron chi connectivity index (χ3n) is 4.45. The summed E-state index contributed by atoms with van der Waals surface area (Å²) in [7, 11) is 1.62. The SMILES string of the molecule is CCCN(CCOC)c1ccc(N=Cc2c(O)[nH]c3cc(F)ccc23)cc1F. The summed E-state index contributed by atoms with van der Waals surface area (Å²) in [5.41, 5.74) is 1.81. The summed E-state index contributed by atoms with van der Waals surface area (Å²) in [5.74, 6) is -0.889. The Labute approximate surface area is 162 Å². The van der Waals surface area contributed by atoms with Gasteiger partial charge in [-0.05, 0) is 36.8 Å². The Morgan fingerprint density at radius 3 is 2.71 bits per heavy atom. The van der Waals surface area contributed by atoms with Crippen molar-refractivity contribution in [3.05, 3.63) is 53.6 Å². The van der Waals surface area contributed by atoms with Crippen molar-refractivity contribution in [2.75, 3.05) is 31.7 Å². The van der Waals surface area contributed by atoms with Gasteiger partial charge in [-0.2, -0.15) is 0 Å². The van der Waals surface area contributed by atoms with Crippen LogP contribution in [-0.4, -0.2) is 43.1 Å². The molecule has 0 aliphatic carbocycles. The first-order valence-corrected chi connectivity index (χ1v) is 9.11. The van der Waals surface area contributed by atoms with Gasteiger partial charge in [0.1, 0.15) is 11.6 Å². The van der Waals surface area contributed by atoms with Gasteiger partial charge in [0.2, 0.25) is 0 Å². The molecule has 0 saturated heterocycles. The maximum Gasteiger partial charge on any atom is 0.198 e.